The highest BCUT2D eigenvalue weighted by Crippen LogP contribution is 2.16. The summed E-state index contributed by atoms with van der Waals surface area (Å²) < 4.78 is 14.2. The van der Waals surface area contributed by atoms with Crippen molar-refractivity contribution in [1.29, 1.82) is 0 Å². The summed E-state index contributed by atoms with van der Waals surface area (Å²) in [6.45, 7) is 2.11. The van der Waals surface area contributed by atoms with Crippen molar-refractivity contribution >= 4 is 21.9 Å². The van der Waals surface area contributed by atoms with Crippen LogP contribution in [0.25, 0.3) is 0 Å². The molecule has 5 heteroatoms. The van der Waals surface area contributed by atoms with Gasteiger partial charge in [-0.05, 0) is 44.2 Å². The maximum absolute atomic E-state index is 13.4. The molecular formula is C12H15BrFNO2. The molecule has 0 fully saturated rings. The van der Waals surface area contributed by atoms with E-state index in [2.05, 4.69) is 15.9 Å². The number of likely N-dealkylation sites (N-methyl/N-ethyl adjacent to an activating group) is 1. The molecule has 0 saturated heterocycles. The Morgan fingerprint density at radius 3 is 2.82 bits per heavy atom. The van der Waals surface area contributed by atoms with E-state index in [1.54, 1.807) is 31.0 Å². The van der Waals surface area contributed by atoms with Gasteiger partial charge in [0.25, 0.3) is 0 Å². The first kappa shape index (κ1) is 14.1. The van der Waals surface area contributed by atoms with Crippen molar-refractivity contribution in [3.05, 3.63) is 34.1 Å². The number of carbonyl (C=O) groups is 1. The predicted octanol–water partition coefficient (Wildman–Crippen LogP) is 2.54. The lowest BCUT2D eigenvalue weighted by Gasteiger charge is -2.21. The van der Waals surface area contributed by atoms with Crippen LogP contribution in [0.4, 0.5) is 4.39 Å². The summed E-state index contributed by atoms with van der Waals surface area (Å²) in [6.07, 6.45) is 0.486. The van der Waals surface area contributed by atoms with Crippen molar-refractivity contribution in [3.63, 3.8) is 0 Å². The first-order chi connectivity index (χ1) is 7.91. The Hall–Kier alpha value is -0.940. The Bertz CT molecular complexity index is 411. The first-order valence-electron chi connectivity index (χ1n) is 5.28. The lowest BCUT2D eigenvalue weighted by molar-refractivity contribution is -0.142. The second-order valence-corrected chi connectivity index (χ2v) is 4.90. The summed E-state index contributed by atoms with van der Waals surface area (Å²) in [7, 11) is 1.72. The Kier molecular flexibility index (Phi) is 5.08. The van der Waals surface area contributed by atoms with Gasteiger partial charge in [-0.2, -0.15) is 0 Å². The molecule has 0 amide bonds. The number of hydrogen-bond donors (Lipinski definition) is 1. The number of halogens is 2. The van der Waals surface area contributed by atoms with E-state index < -0.39 is 12.0 Å². The molecule has 0 aromatic heterocycles. The van der Waals surface area contributed by atoms with E-state index in [0.717, 1.165) is 4.47 Å². The van der Waals surface area contributed by atoms with Gasteiger partial charge in [0.05, 0.1) is 0 Å². The minimum atomic E-state index is -0.873. The Morgan fingerprint density at radius 1 is 1.59 bits per heavy atom. The number of hydrogen-bond acceptors (Lipinski definition) is 2. The third-order valence-corrected chi connectivity index (χ3v) is 3.25. The van der Waals surface area contributed by atoms with E-state index in [-0.39, 0.29) is 5.82 Å². The monoisotopic (exact) mass is 303 g/mol. The van der Waals surface area contributed by atoms with Gasteiger partial charge in [0.1, 0.15) is 11.9 Å². The van der Waals surface area contributed by atoms with Gasteiger partial charge < -0.3 is 5.11 Å². The molecule has 3 nitrogen and oxygen atoms in total. The predicted molar refractivity (Wildman–Crippen MR) is 67.5 cm³/mol. The zero-order valence-electron chi connectivity index (χ0n) is 9.78. The lowest BCUT2D eigenvalue weighted by atomic mass is 10.1. The summed E-state index contributed by atoms with van der Waals surface area (Å²) in [5.74, 6) is -1.13. The molecule has 1 N–H and O–H groups in total. The maximum atomic E-state index is 13.4. The van der Waals surface area contributed by atoms with Crippen molar-refractivity contribution in [3.8, 4) is 0 Å². The van der Waals surface area contributed by atoms with Crippen LogP contribution in [0.1, 0.15) is 12.5 Å². The van der Waals surface area contributed by atoms with Crippen molar-refractivity contribution in [2.45, 2.75) is 19.4 Å². The van der Waals surface area contributed by atoms with Crippen molar-refractivity contribution in [1.82, 2.24) is 4.90 Å². The lowest BCUT2D eigenvalue weighted by Crippen LogP contribution is -2.37. The highest BCUT2D eigenvalue weighted by Gasteiger charge is 2.16. The standard InChI is InChI=1S/C12H15BrFNO2/c1-8(12(16)17)15(2)6-5-9-7-10(13)3-4-11(9)14/h3-4,7-8H,5-6H2,1-2H3,(H,16,17). The molecule has 94 valence electrons. The van der Waals surface area contributed by atoms with Gasteiger partial charge in [0.15, 0.2) is 0 Å². The van der Waals surface area contributed by atoms with Gasteiger partial charge in [0, 0.05) is 11.0 Å². The fourth-order valence-electron chi connectivity index (χ4n) is 1.41. The molecule has 0 aliphatic carbocycles. The molecule has 1 rings (SSSR count). The molecule has 0 saturated carbocycles. The highest BCUT2D eigenvalue weighted by molar-refractivity contribution is 9.10. The average molecular weight is 304 g/mol. The van der Waals surface area contributed by atoms with E-state index >= 15 is 0 Å². The fraction of sp³-hybridized carbons (Fsp3) is 0.417. The van der Waals surface area contributed by atoms with Crippen LogP contribution < -0.4 is 0 Å². The molecule has 1 unspecified atom stereocenters. The SMILES string of the molecule is CC(C(=O)O)N(C)CCc1cc(Br)ccc1F. The molecule has 0 bridgehead atoms. The van der Waals surface area contributed by atoms with Crippen LogP contribution in [0.5, 0.6) is 0 Å². The van der Waals surface area contributed by atoms with Crippen LogP contribution in [0.15, 0.2) is 22.7 Å². The quantitative estimate of drug-likeness (QED) is 0.909. The summed E-state index contributed by atoms with van der Waals surface area (Å²) in [4.78, 5) is 12.4. The third kappa shape index (κ3) is 4.09. The van der Waals surface area contributed by atoms with E-state index in [4.69, 9.17) is 5.11 Å². The third-order valence-electron chi connectivity index (χ3n) is 2.76. The Balaban J connectivity index is 2.61. The number of nitrogens with zero attached hydrogens (tertiary/aromatic N) is 1. The molecule has 0 aliphatic heterocycles. The van der Waals surface area contributed by atoms with Crippen molar-refractivity contribution in [2.24, 2.45) is 0 Å². The fourth-order valence-corrected chi connectivity index (χ4v) is 1.82. The summed E-state index contributed by atoms with van der Waals surface area (Å²) >= 11 is 3.28. The average Bonchev–Trinajstić information content (AvgIpc) is 2.28. The van der Waals surface area contributed by atoms with Gasteiger partial charge in [-0.1, -0.05) is 15.9 Å². The van der Waals surface area contributed by atoms with Crippen LogP contribution in [-0.4, -0.2) is 35.6 Å². The Morgan fingerprint density at radius 2 is 2.24 bits per heavy atom. The smallest absolute Gasteiger partial charge is 0.320 e. The molecule has 1 aromatic carbocycles. The van der Waals surface area contributed by atoms with Gasteiger partial charge in [-0.15, -0.1) is 0 Å². The number of rotatable bonds is 5. The number of benzene rings is 1. The second-order valence-electron chi connectivity index (χ2n) is 3.98. The maximum Gasteiger partial charge on any atom is 0.320 e. The minimum Gasteiger partial charge on any atom is -0.480 e. The summed E-state index contributed by atoms with van der Waals surface area (Å²) in [5, 5.41) is 8.83. The zero-order valence-corrected chi connectivity index (χ0v) is 11.4. The summed E-state index contributed by atoms with van der Waals surface area (Å²) in [6, 6.07) is 4.20. The van der Waals surface area contributed by atoms with Crippen molar-refractivity contribution in [2.75, 3.05) is 13.6 Å². The van der Waals surface area contributed by atoms with Gasteiger partial charge in [-0.25, -0.2) is 4.39 Å². The first-order valence-corrected chi connectivity index (χ1v) is 6.08. The molecule has 0 radical (unpaired) electrons. The number of aliphatic carboxylic acids is 1. The number of carboxylic acids is 1. The van der Waals surface area contributed by atoms with Crippen LogP contribution in [0.3, 0.4) is 0 Å². The van der Waals surface area contributed by atoms with Crippen LogP contribution >= 0.6 is 15.9 Å². The molecular weight excluding hydrogens is 289 g/mol. The van der Waals surface area contributed by atoms with Crippen LogP contribution in [-0.2, 0) is 11.2 Å². The molecule has 17 heavy (non-hydrogen) atoms. The molecule has 0 aliphatic rings. The van der Waals surface area contributed by atoms with Gasteiger partial charge in [0.2, 0.25) is 0 Å². The topological polar surface area (TPSA) is 40.5 Å². The van der Waals surface area contributed by atoms with Crippen LogP contribution in [0, 0.1) is 5.82 Å². The molecule has 1 atom stereocenters. The highest BCUT2D eigenvalue weighted by atomic mass is 79.9. The normalized spacial score (nSPS) is 12.8. The summed E-state index contributed by atoms with van der Waals surface area (Å²) in [5.41, 5.74) is 0.587. The largest absolute Gasteiger partial charge is 0.480 e. The zero-order chi connectivity index (χ0) is 13.0. The molecule has 0 heterocycles. The number of carboxylic acid groups (broad SMARTS) is 1. The van der Waals surface area contributed by atoms with Gasteiger partial charge >= 0.3 is 5.97 Å². The molecule has 1 aromatic rings. The van der Waals surface area contributed by atoms with E-state index in [1.807, 2.05) is 0 Å². The van der Waals surface area contributed by atoms with E-state index in [0.29, 0.717) is 18.5 Å². The Labute approximate surface area is 108 Å². The minimum absolute atomic E-state index is 0.260. The van der Waals surface area contributed by atoms with E-state index in [9.17, 15) is 9.18 Å². The van der Waals surface area contributed by atoms with Gasteiger partial charge in [-0.3, -0.25) is 9.69 Å². The van der Waals surface area contributed by atoms with Crippen LogP contribution in [0.2, 0.25) is 0 Å². The van der Waals surface area contributed by atoms with Crippen molar-refractivity contribution < 1.29 is 14.3 Å². The molecule has 0 spiro atoms. The van der Waals surface area contributed by atoms with E-state index in [1.165, 1.54) is 6.07 Å². The second kappa shape index (κ2) is 6.12.